The highest BCUT2D eigenvalue weighted by molar-refractivity contribution is 5.27. The quantitative estimate of drug-likeness (QED) is 0.798. The molecule has 16 heavy (non-hydrogen) atoms. The standard InChI is InChI=1S/C11H17N3O2/c1-16-9-6-13-11(14-7-9)12-5-8-3-2-4-10(8)15/h6-8,10,15H,2-5H2,1H3,(H,12,13,14). The molecule has 1 aliphatic carbocycles. The molecule has 5 heteroatoms. The SMILES string of the molecule is COc1cnc(NCC2CCCC2O)nc1. The van der Waals surface area contributed by atoms with Crippen LogP contribution in [0.1, 0.15) is 19.3 Å². The number of aromatic nitrogens is 2. The molecule has 2 unspecified atom stereocenters. The minimum absolute atomic E-state index is 0.175. The summed E-state index contributed by atoms with van der Waals surface area (Å²) in [4.78, 5) is 8.21. The van der Waals surface area contributed by atoms with E-state index in [1.165, 1.54) is 0 Å². The maximum atomic E-state index is 9.65. The lowest BCUT2D eigenvalue weighted by Gasteiger charge is -2.14. The molecular weight excluding hydrogens is 206 g/mol. The summed E-state index contributed by atoms with van der Waals surface area (Å²) in [5.41, 5.74) is 0. The maximum Gasteiger partial charge on any atom is 0.222 e. The maximum absolute atomic E-state index is 9.65. The Balaban J connectivity index is 1.84. The van der Waals surface area contributed by atoms with Crippen LogP contribution < -0.4 is 10.1 Å². The van der Waals surface area contributed by atoms with Crippen molar-refractivity contribution in [2.24, 2.45) is 5.92 Å². The van der Waals surface area contributed by atoms with Crippen LogP contribution in [0.3, 0.4) is 0 Å². The van der Waals surface area contributed by atoms with Gasteiger partial charge in [-0.2, -0.15) is 0 Å². The minimum Gasteiger partial charge on any atom is -0.494 e. The number of rotatable bonds is 4. The van der Waals surface area contributed by atoms with Crippen LogP contribution in [0.4, 0.5) is 5.95 Å². The summed E-state index contributed by atoms with van der Waals surface area (Å²) < 4.78 is 4.97. The van der Waals surface area contributed by atoms with Crippen LogP contribution in [0.5, 0.6) is 5.75 Å². The second kappa shape index (κ2) is 5.12. The van der Waals surface area contributed by atoms with E-state index < -0.39 is 0 Å². The van der Waals surface area contributed by atoms with E-state index in [2.05, 4.69) is 15.3 Å². The Labute approximate surface area is 94.9 Å². The molecule has 0 saturated heterocycles. The molecule has 1 aromatic heterocycles. The first-order chi connectivity index (χ1) is 7.79. The van der Waals surface area contributed by atoms with Gasteiger partial charge in [0.15, 0.2) is 5.75 Å². The molecule has 1 saturated carbocycles. The Morgan fingerprint density at radius 3 is 2.75 bits per heavy atom. The number of hydrogen-bond acceptors (Lipinski definition) is 5. The second-order valence-corrected chi connectivity index (χ2v) is 4.09. The molecule has 88 valence electrons. The zero-order chi connectivity index (χ0) is 11.4. The number of nitrogens with zero attached hydrogens (tertiary/aromatic N) is 2. The van der Waals surface area contributed by atoms with E-state index in [4.69, 9.17) is 4.74 Å². The van der Waals surface area contributed by atoms with Crippen LogP contribution in [0.25, 0.3) is 0 Å². The first-order valence-electron chi connectivity index (χ1n) is 5.57. The third-order valence-corrected chi connectivity index (χ3v) is 3.01. The van der Waals surface area contributed by atoms with Gasteiger partial charge in [0.25, 0.3) is 0 Å². The smallest absolute Gasteiger partial charge is 0.222 e. The van der Waals surface area contributed by atoms with Gasteiger partial charge < -0.3 is 15.2 Å². The first-order valence-corrected chi connectivity index (χ1v) is 5.57. The third kappa shape index (κ3) is 2.61. The van der Waals surface area contributed by atoms with E-state index in [1.807, 2.05) is 0 Å². The summed E-state index contributed by atoms with van der Waals surface area (Å²) in [6, 6.07) is 0. The number of nitrogens with one attached hydrogen (secondary N) is 1. The zero-order valence-electron chi connectivity index (χ0n) is 9.39. The van der Waals surface area contributed by atoms with E-state index in [0.717, 1.165) is 25.8 Å². The molecule has 0 bridgehead atoms. The Bertz CT molecular complexity index is 329. The van der Waals surface area contributed by atoms with Gasteiger partial charge >= 0.3 is 0 Å². The molecule has 2 rings (SSSR count). The molecule has 0 spiro atoms. The second-order valence-electron chi connectivity index (χ2n) is 4.09. The molecule has 2 N–H and O–H groups in total. The van der Waals surface area contributed by atoms with Crippen LogP contribution in [0.2, 0.25) is 0 Å². The van der Waals surface area contributed by atoms with Gasteiger partial charge in [-0.25, -0.2) is 9.97 Å². The van der Waals surface area contributed by atoms with Crippen molar-refractivity contribution >= 4 is 5.95 Å². The van der Waals surface area contributed by atoms with Crippen LogP contribution >= 0.6 is 0 Å². The summed E-state index contributed by atoms with van der Waals surface area (Å²) in [7, 11) is 1.58. The van der Waals surface area contributed by atoms with E-state index in [-0.39, 0.29) is 6.10 Å². The molecule has 0 radical (unpaired) electrons. The minimum atomic E-state index is -0.175. The summed E-state index contributed by atoms with van der Waals surface area (Å²) in [6.45, 7) is 0.730. The van der Waals surface area contributed by atoms with Gasteiger partial charge in [0.2, 0.25) is 5.95 Å². The average molecular weight is 223 g/mol. The normalized spacial score (nSPS) is 24.4. The zero-order valence-corrected chi connectivity index (χ0v) is 9.39. The van der Waals surface area contributed by atoms with Crippen molar-refractivity contribution in [3.8, 4) is 5.75 Å². The molecule has 1 aliphatic rings. The van der Waals surface area contributed by atoms with Crippen LogP contribution in [-0.4, -0.2) is 34.8 Å². The van der Waals surface area contributed by atoms with Gasteiger partial charge in [0.05, 0.1) is 25.6 Å². The van der Waals surface area contributed by atoms with Crippen LogP contribution in [0, 0.1) is 5.92 Å². The van der Waals surface area contributed by atoms with Crippen molar-refractivity contribution in [1.29, 1.82) is 0 Å². The van der Waals surface area contributed by atoms with Gasteiger partial charge in [0, 0.05) is 12.5 Å². The molecular formula is C11H17N3O2. The number of aliphatic hydroxyl groups is 1. The van der Waals surface area contributed by atoms with E-state index in [1.54, 1.807) is 19.5 Å². The van der Waals surface area contributed by atoms with Crippen LogP contribution in [-0.2, 0) is 0 Å². The largest absolute Gasteiger partial charge is 0.494 e. The van der Waals surface area contributed by atoms with Crippen LogP contribution in [0.15, 0.2) is 12.4 Å². The van der Waals surface area contributed by atoms with Gasteiger partial charge in [-0.3, -0.25) is 0 Å². The lowest BCUT2D eigenvalue weighted by Crippen LogP contribution is -2.22. The van der Waals surface area contributed by atoms with Gasteiger partial charge in [-0.05, 0) is 12.8 Å². The molecule has 0 aromatic carbocycles. The highest BCUT2D eigenvalue weighted by atomic mass is 16.5. The summed E-state index contributed by atoms with van der Waals surface area (Å²) >= 11 is 0. The Hall–Kier alpha value is -1.36. The van der Waals surface area contributed by atoms with Crippen molar-refractivity contribution in [3.63, 3.8) is 0 Å². The number of hydrogen-bond donors (Lipinski definition) is 2. The summed E-state index contributed by atoms with van der Waals surface area (Å²) in [5.74, 6) is 1.55. The number of ether oxygens (including phenoxy) is 1. The van der Waals surface area contributed by atoms with Crippen molar-refractivity contribution in [3.05, 3.63) is 12.4 Å². The Morgan fingerprint density at radius 1 is 1.44 bits per heavy atom. The summed E-state index contributed by atoms with van der Waals surface area (Å²) in [5, 5.41) is 12.8. The predicted molar refractivity (Wildman–Crippen MR) is 60.4 cm³/mol. The number of methoxy groups -OCH3 is 1. The fourth-order valence-electron chi connectivity index (χ4n) is 1.99. The number of aliphatic hydroxyl groups excluding tert-OH is 1. The van der Waals surface area contributed by atoms with Gasteiger partial charge in [-0.1, -0.05) is 6.42 Å². The van der Waals surface area contributed by atoms with Crippen molar-refractivity contribution in [1.82, 2.24) is 9.97 Å². The fraction of sp³-hybridized carbons (Fsp3) is 0.636. The first kappa shape index (κ1) is 11.1. The topological polar surface area (TPSA) is 67.3 Å². The highest BCUT2D eigenvalue weighted by Gasteiger charge is 2.24. The van der Waals surface area contributed by atoms with Crippen molar-refractivity contribution in [2.75, 3.05) is 19.0 Å². The van der Waals surface area contributed by atoms with Gasteiger partial charge in [0.1, 0.15) is 0 Å². The molecule has 5 nitrogen and oxygen atoms in total. The summed E-state index contributed by atoms with van der Waals surface area (Å²) in [6.07, 6.45) is 6.17. The van der Waals surface area contributed by atoms with Crippen molar-refractivity contribution < 1.29 is 9.84 Å². The highest BCUT2D eigenvalue weighted by Crippen LogP contribution is 2.25. The third-order valence-electron chi connectivity index (χ3n) is 3.01. The lowest BCUT2D eigenvalue weighted by molar-refractivity contribution is 0.138. The lowest BCUT2D eigenvalue weighted by atomic mass is 10.1. The van der Waals surface area contributed by atoms with E-state index in [9.17, 15) is 5.11 Å². The number of anilines is 1. The molecule has 1 fully saturated rings. The van der Waals surface area contributed by atoms with Gasteiger partial charge in [-0.15, -0.1) is 0 Å². The Kier molecular flexibility index (Phi) is 3.56. The average Bonchev–Trinajstić information content (AvgIpc) is 2.73. The predicted octanol–water partition coefficient (Wildman–Crippen LogP) is 1.06. The fourth-order valence-corrected chi connectivity index (χ4v) is 1.99. The molecule has 0 amide bonds. The van der Waals surface area contributed by atoms with E-state index >= 15 is 0 Å². The Morgan fingerprint density at radius 2 is 2.19 bits per heavy atom. The molecule has 1 aromatic rings. The van der Waals surface area contributed by atoms with Crippen molar-refractivity contribution in [2.45, 2.75) is 25.4 Å². The monoisotopic (exact) mass is 223 g/mol. The molecule has 1 heterocycles. The molecule has 0 aliphatic heterocycles. The van der Waals surface area contributed by atoms with E-state index in [0.29, 0.717) is 17.6 Å². The molecule has 2 atom stereocenters.